The lowest BCUT2D eigenvalue weighted by molar-refractivity contribution is -0.136. The molecule has 0 unspecified atom stereocenters. The van der Waals surface area contributed by atoms with E-state index < -0.39 is 11.9 Å². The van der Waals surface area contributed by atoms with E-state index in [4.69, 9.17) is 9.84 Å². The molecule has 6 heteroatoms. The Bertz CT molecular complexity index is 940. The van der Waals surface area contributed by atoms with Crippen LogP contribution in [-0.2, 0) is 9.53 Å². The average molecular weight is 367 g/mol. The van der Waals surface area contributed by atoms with Gasteiger partial charge in [-0.15, -0.1) is 11.3 Å². The molecule has 3 aromatic rings. The maximum Gasteiger partial charge on any atom is 0.337 e. The van der Waals surface area contributed by atoms with Crippen molar-refractivity contribution in [2.75, 3.05) is 7.11 Å². The lowest BCUT2D eigenvalue weighted by Crippen LogP contribution is -2.00. The summed E-state index contributed by atoms with van der Waals surface area (Å²) in [5, 5.41) is 9.85. The Hall–Kier alpha value is -2.99. The van der Waals surface area contributed by atoms with Crippen LogP contribution in [0.25, 0.3) is 21.9 Å². The molecule has 0 saturated carbocycles. The number of methoxy groups -OCH3 is 1. The quantitative estimate of drug-likeness (QED) is 0.650. The highest BCUT2D eigenvalue weighted by molar-refractivity contribution is 7.19. The normalized spacial score (nSPS) is 11.5. The van der Waals surface area contributed by atoms with Gasteiger partial charge in [-0.05, 0) is 47.9 Å². The largest absolute Gasteiger partial charge is 0.481 e. The number of carboxylic acid groups (broad SMARTS) is 1. The number of carbonyl (C=O) groups is 2. The minimum atomic E-state index is -0.849. The van der Waals surface area contributed by atoms with Gasteiger partial charge in [0.1, 0.15) is 5.01 Å². The summed E-state index contributed by atoms with van der Waals surface area (Å²) in [5.41, 5.74) is 3.10. The lowest BCUT2D eigenvalue weighted by Gasteiger charge is -2.04. The van der Waals surface area contributed by atoms with Gasteiger partial charge in [0.05, 0.1) is 22.9 Å². The average Bonchev–Trinajstić information content (AvgIpc) is 3.08. The molecule has 0 aliphatic carbocycles. The SMILES string of the molecule is COC(=O)c1ccc(/C=C(\CCC(=O)O)c2nc3ccccc3s2)cc1. The minimum absolute atomic E-state index is 0.0298. The number of thiazole rings is 1. The maximum absolute atomic E-state index is 11.5. The molecule has 26 heavy (non-hydrogen) atoms. The summed E-state index contributed by atoms with van der Waals surface area (Å²) in [7, 11) is 1.34. The molecule has 0 aliphatic rings. The molecule has 0 bridgehead atoms. The summed E-state index contributed by atoms with van der Waals surface area (Å²) < 4.78 is 5.76. The van der Waals surface area contributed by atoms with Gasteiger partial charge in [-0.2, -0.15) is 0 Å². The number of benzene rings is 2. The summed E-state index contributed by atoms with van der Waals surface area (Å²) in [6, 6.07) is 14.8. The molecule has 1 N–H and O–H groups in total. The van der Waals surface area contributed by atoms with E-state index in [0.717, 1.165) is 26.4 Å². The van der Waals surface area contributed by atoms with Crippen molar-refractivity contribution in [3.63, 3.8) is 0 Å². The van der Waals surface area contributed by atoms with Crippen LogP contribution in [0, 0.1) is 0 Å². The van der Waals surface area contributed by atoms with Crippen LogP contribution in [-0.4, -0.2) is 29.1 Å². The van der Waals surface area contributed by atoms with Crippen molar-refractivity contribution in [3.8, 4) is 0 Å². The Kier molecular flexibility index (Phi) is 5.43. The van der Waals surface area contributed by atoms with E-state index in [2.05, 4.69) is 4.98 Å². The van der Waals surface area contributed by atoms with Crippen molar-refractivity contribution in [3.05, 3.63) is 64.7 Å². The van der Waals surface area contributed by atoms with Crippen molar-refractivity contribution in [1.29, 1.82) is 0 Å². The number of fused-ring (bicyclic) bond motifs is 1. The second-order valence-electron chi connectivity index (χ2n) is 5.66. The van der Waals surface area contributed by atoms with Crippen molar-refractivity contribution < 1.29 is 19.4 Å². The number of carbonyl (C=O) groups excluding carboxylic acids is 1. The number of esters is 1. The van der Waals surface area contributed by atoms with Crippen LogP contribution >= 0.6 is 11.3 Å². The number of aromatic nitrogens is 1. The number of para-hydroxylation sites is 1. The number of ether oxygens (including phenoxy) is 1. The topological polar surface area (TPSA) is 76.5 Å². The number of carboxylic acids is 1. The van der Waals surface area contributed by atoms with Crippen LogP contribution in [0.1, 0.15) is 33.8 Å². The van der Waals surface area contributed by atoms with Gasteiger partial charge in [-0.3, -0.25) is 4.79 Å². The van der Waals surface area contributed by atoms with E-state index in [1.54, 1.807) is 35.6 Å². The third kappa shape index (κ3) is 4.15. The molecule has 0 radical (unpaired) electrons. The molecule has 0 saturated heterocycles. The summed E-state index contributed by atoms with van der Waals surface area (Å²) >= 11 is 1.54. The lowest BCUT2D eigenvalue weighted by atomic mass is 10.1. The van der Waals surface area contributed by atoms with E-state index in [0.29, 0.717) is 12.0 Å². The van der Waals surface area contributed by atoms with E-state index in [9.17, 15) is 9.59 Å². The zero-order valence-corrected chi connectivity index (χ0v) is 15.0. The van der Waals surface area contributed by atoms with E-state index in [-0.39, 0.29) is 6.42 Å². The molecule has 0 fully saturated rings. The summed E-state index contributed by atoms with van der Waals surface area (Å²) in [6.45, 7) is 0. The number of allylic oxidation sites excluding steroid dienone is 1. The first-order valence-corrected chi connectivity index (χ1v) is 8.85. The first-order chi connectivity index (χ1) is 12.6. The molecular formula is C20H17NO4S. The molecule has 0 aliphatic heterocycles. The third-order valence-electron chi connectivity index (χ3n) is 3.85. The van der Waals surface area contributed by atoms with E-state index >= 15 is 0 Å². The minimum Gasteiger partial charge on any atom is -0.481 e. The fraction of sp³-hybridized carbons (Fsp3) is 0.150. The Morgan fingerprint density at radius 1 is 1.12 bits per heavy atom. The smallest absolute Gasteiger partial charge is 0.337 e. The van der Waals surface area contributed by atoms with Crippen molar-refractivity contribution >= 4 is 45.1 Å². The summed E-state index contributed by atoms with van der Waals surface area (Å²) in [5.74, 6) is -1.24. The van der Waals surface area contributed by atoms with Gasteiger partial charge >= 0.3 is 11.9 Å². The van der Waals surface area contributed by atoms with Crippen LogP contribution in [0.5, 0.6) is 0 Å². The van der Waals surface area contributed by atoms with Crippen molar-refractivity contribution in [2.24, 2.45) is 0 Å². The number of rotatable bonds is 6. The number of aliphatic carboxylic acids is 1. The summed E-state index contributed by atoms with van der Waals surface area (Å²) in [6.07, 6.45) is 2.33. The number of hydrogen-bond acceptors (Lipinski definition) is 5. The monoisotopic (exact) mass is 367 g/mol. The Balaban J connectivity index is 1.95. The molecule has 5 nitrogen and oxygen atoms in total. The molecule has 132 valence electrons. The standard InChI is InChI=1S/C20H17NO4S/c1-25-20(24)14-8-6-13(7-9-14)12-15(10-11-18(22)23)19-21-16-4-2-3-5-17(16)26-19/h2-9,12H,10-11H2,1H3,(H,22,23)/b15-12+. The van der Waals surface area contributed by atoms with E-state index in [1.807, 2.05) is 30.3 Å². The van der Waals surface area contributed by atoms with Gasteiger partial charge in [0, 0.05) is 6.42 Å². The van der Waals surface area contributed by atoms with Crippen LogP contribution in [0.2, 0.25) is 0 Å². The fourth-order valence-corrected chi connectivity index (χ4v) is 3.54. The van der Waals surface area contributed by atoms with Crippen molar-refractivity contribution in [1.82, 2.24) is 4.98 Å². The predicted octanol–water partition coefficient (Wildman–Crippen LogP) is 4.49. The van der Waals surface area contributed by atoms with Crippen LogP contribution in [0.4, 0.5) is 0 Å². The Morgan fingerprint density at radius 2 is 1.85 bits per heavy atom. The van der Waals surface area contributed by atoms with Gasteiger partial charge in [-0.1, -0.05) is 24.3 Å². The molecule has 2 aromatic carbocycles. The van der Waals surface area contributed by atoms with Crippen LogP contribution < -0.4 is 0 Å². The molecule has 0 spiro atoms. The first kappa shape index (κ1) is 17.8. The second-order valence-corrected chi connectivity index (χ2v) is 6.69. The first-order valence-electron chi connectivity index (χ1n) is 8.03. The van der Waals surface area contributed by atoms with Gasteiger partial charge < -0.3 is 9.84 Å². The van der Waals surface area contributed by atoms with Crippen LogP contribution in [0.3, 0.4) is 0 Å². The molecule has 1 heterocycles. The van der Waals surface area contributed by atoms with Gasteiger partial charge in [0.25, 0.3) is 0 Å². The second kappa shape index (κ2) is 7.93. The number of hydrogen-bond donors (Lipinski definition) is 1. The highest BCUT2D eigenvalue weighted by Gasteiger charge is 2.11. The van der Waals surface area contributed by atoms with Crippen molar-refractivity contribution in [2.45, 2.75) is 12.8 Å². The van der Waals surface area contributed by atoms with Crippen LogP contribution in [0.15, 0.2) is 48.5 Å². The molecule has 1 aromatic heterocycles. The number of nitrogens with zero attached hydrogens (tertiary/aromatic N) is 1. The molecular weight excluding hydrogens is 350 g/mol. The highest BCUT2D eigenvalue weighted by atomic mass is 32.1. The zero-order chi connectivity index (χ0) is 18.5. The molecule has 0 amide bonds. The fourth-order valence-electron chi connectivity index (χ4n) is 2.53. The van der Waals surface area contributed by atoms with Gasteiger partial charge in [0.15, 0.2) is 0 Å². The third-order valence-corrected chi connectivity index (χ3v) is 4.96. The van der Waals surface area contributed by atoms with Gasteiger partial charge in [-0.25, -0.2) is 9.78 Å². The zero-order valence-electron chi connectivity index (χ0n) is 14.1. The predicted molar refractivity (Wildman–Crippen MR) is 102 cm³/mol. The highest BCUT2D eigenvalue weighted by Crippen LogP contribution is 2.31. The summed E-state index contributed by atoms with van der Waals surface area (Å²) in [4.78, 5) is 27.2. The molecule has 0 atom stereocenters. The van der Waals surface area contributed by atoms with Gasteiger partial charge in [0.2, 0.25) is 0 Å². The Morgan fingerprint density at radius 3 is 2.50 bits per heavy atom. The maximum atomic E-state index is 11.5. The molecule has 3 rings (SSSR count). The van der Waals surface area contributed by atoms with E-state index in [1.165, 1.54) is 7.11 Å². The Labute approximate surface area is 154 Å².